The molecule has 4 aromatic rings. The van der Waals surface area contributed by atoms with Gasteiger partial charge in [0, 0.05) is 0 Å². The molecular weight excluding hydrogens is 624 g/mol. The van der Waals surface area contributed by atoms with Crippen molar-refractivity contribution in [3.63, 3.8) is 0 Å². The van der Waals surface area contributed by atoms with Crippen molar-refractivity contribution in [2.75, 3.05) is 6.61 Å². The van der Waals surface area contributed by atoms with Crippen LogP contribution in [0.25, 0.3) is 6.08 Å². The number of aryl methyl sites for hydroxylation is 2. The summed E-state index contributed by atoms with van der Waals surface area (Å²) in [6.07, 6.45) is 1.78. The SMILES string of the molecule is CCOC(=O)C1=C(C)N=c2s/c(=C/c3cc(Cl)c(OCc4cccc(C)c4)c(Br)c3)c(=O)n2[C@@H]1c1ccc(C)cc1. The van der Waals surface area contributed by atoms with Crippen LogP contribution in [0.2, 0.25) is 5.02 Å². The maximum atomic E-state index is 13.9. The average molecular weight is 652 g/mol. The van der Waals surface area contributed by atoms with Crippen molar-refractivity contribution in [3.8, 4) is 5.75 Å². The van der Waals surface area contributed by atoms with Gasteiger partial charge in [-0.15, -0.1) is 0 Å². The molecule has 0 spiro atoms. The highest BCUT2D eigenvalue weighted by atomic mass is 79.9. The Labute approximate surface area is 255 Å². The number of aromatic nitrogens is 1. The number of rotatable bonds is 7. The molecule has 9 heteroatoms. The molecule has 0 saturated heterocycles. The standard InChI is InChI=1S/C32H28BrClN2O4S/c1-5-39-31(38)27-20(4)35-32-36(28(27)23-11-9-18(2)10-12-23)30(37)26(41-32)16-22-14-24(33)29(25(34)15-22)40-17-21-8-6-7-19(3)13-21/h6-16,28H,5,17H2,1-4H3/b26-16+/t28-/m1/s1. The molecule has 1 atom stereocenters. The van der Waals surface area contributed by atoms with E-state index in [0.717, 1.165) is 27.8 Å². The van der Waals surface area contributed by atoms with Gasteiger partial charge in [-0.2, -0.15) is 0 Å². The second-order valence-corrected chi connectivity index (χ2v) is 12.1. The van der Waals surface area contributed by atoms with E-state index in [-0.39, 0.29) is 12.2 Å². The molecule has 2 heterocycles. The molecule has 0 saturated carbocycles. The van der Waals surface area contributed by atoms with Crippen LogP contribution < -0.4 is 19.6 Å². The highest BCUT2D eigenvalue weighted by molar-refractivity contribution is 9.10. The number of hydrogen-bond acceptors (Lipinski definition) is 6. The predicted octanol–water partition coefficient (Wildman–Crippen LogP) is 6.41. The smallest absolute Gasteiger partial charge is 0.338 e. The molecule has 0 radical (unpaired) electrons. The molecule has 0 unspecified atom stereocenters. The molecule has 1 aromatic heterocycles. The Morgan fingerprint density at radius 3 is 2.54 bits per heavy atom. The molecule has 0 fully saturated rings. The molecule has 0 N–H and O–H groups in total. The minimum absolute atomic E-state index is 0.223. The summed E-state index contributed by atoms with van der Waals surface area (Å²) in [5.41, 5.74) is 5.44. The third-order valence-corrected chi connectivity index (χ3v) is 8.55. The maximum Gasteiger partial charge on any atom is 0.338 e. The van der Waals surface area contributed by atoms with Crippen LogP contribution in [0, 0.1) is 13.8 Å². The van der Waals surface area contributed by atoms with Gasteiger partial charge in [0.1, 0.15) is 6.61 Å². The first-order chi connectivity index (χ1) is 19.7. The molecule has 1 aliphatic heterocycles. The summed E-state index contributed by atoms with van der Waals surface area (Å²) in [5, 5.41) is 0.420. The minimum atomic E-state index is -0.652. The fourth-order valence-electron chi connectivity index (χ4n) is 4.77. The monoisotopic (exact) mass is 650 g/mol. The van der Waals surface area contributed by atoms with Crippen molar-refractivity contribution in [2.24, 2.45) is 4.99 Å². The van der Waals surface area contributed by atoms with Crippen molar-refractivity contribution >= 4 is 50.9 Å². The van der Waals surface area contributed by atoms with Crippen molar-refractivity contribution in [1.29, 1.82) is 0 Å². The first-order valence-electron chi connectivity index (χ1n) is 13.1. The van der Waals surface area contributed by atoms with E-state index in [0.29, 0.717) is 42.5 Å². The Bertz CT molecular complexity index is 1830. The molecular formula is C32H28BrClN2O4S. The number of nitrogens with zero attached hydrogens (tertiary/aromatic N) is 2. The molecule has 0 aliphatic carbocycles. The van der Waals surface area contributed by atoms with Gasteiger partial charge < -0.3 is 9.47 Å². The van der Waals surface area contributed by atoms with Crippen LogP contribution in [0.1, 0.15) is 47.7 Å². The summed E-state index contributed by atoms with van der Waals surface area (Å²) in [6, 6.07) is 18.9. The van der Waals surface area contributed by atoms with E-state index in [9.17, 15) is 9.59 Å². The van der Waals surface area contributed by atoms with E-state index in [2.05, 4.69) is 27.0 Å². The molecule has 6 nitrogen and oxygen atoms in total. The molecule has 0 amide bonds. The second kappa shape index (κ2) is 12.2. The first-order valence-corrected chi connectivity index (χ1v) is 15.1. The number of thiazole rings is 1. The Balaban J connectivity index is 1.55. The van der Waals surface area contributed by atoms with E-state index in [4.69, 9.17) is 21.1 Å². The average Bonchev–Trinajstić information content (AvgIpc) is 3.22. The van der Waals surface area contributed by atoms with E-state index in [1.54, 1.807) is 30.6 Å². The Morgan fingerprint density at radius 2 is 1.85 bits per heavy atom. The fraction of sp³-hybridized carbons (Fsp3) is 0.219. The number of fused-ring (bicyclic) bond motifs is 1. The van der Waals surface area contributed by atoms with Gasteiger partial charge in [0.05, 0.1) is 37.9 Å². The van der Waals surface area contributed by atoms with E-state index in [1.807, 2.05) is 62.4 Å². The lowest BCUT2D eigenvalue weighted by atomic mass is 9.95. The summed E-state index contributed by atoms with van der Waals surface area (Å²) in [7, 11) is 0. The van der Waals surface area contributed by atoms with Crippen molar-refractivity contribution in [2.45, 2.75) is 40.3 Å². The minimum Gasteiger partial charge on any atom is -0.486 e. The van der Waals surface area contributed by atoms with Gasteiger partial charge in [-0.05, 0) is 78.5 Å². The zero-order valence-corrected chi connectivity index (χ0v) is 26.2. The lowest BCUT2D eigenvalue weighted by Gasteiger charge is -2.24. The van der Waals surface area contributed by atoms with Crippen molar-refractivity contribution < 1.29 is 14.3 Å². The summed E-state index contributed by atoms with van der Waals surface area (Å²) >= 11 is 11.5. The van der Waals surface area contributed by atoms with Gasteiger partial charge in [0.2, 0.25) is 0 Å². The third kappa shape index (κ3) is 6.10. The van der Waals surface area contributed by atoms with Crippen molar-refractivity contribution in [3.05, 3.63) is 129 Å². The number of ether oxygens (including phenoxy) is 2. The highest BCUT2D eigenvalue weighted by Gasteiger charge is 2.33. The van der Waals surface area contributed by atoms with Crippen LogP contribution in [0.4, 0.5) is 0 Å². The summed E-state index contributed by atoms with van der Waals surface area (Å²) in [4.78, 5) is 32.1. The normalized spacial score (nSPS) is 15.0. The van der Waals surface area contributed by atoms with E-state index >= 15 is 0 Å². The molecule has 41 heavy (non-hydrogen) atoms. The first kappa shape index (κ1) is 29.0. The lowest BCUT2D eigenvalue weighted by molar-refractivity contribution is -0.139. The third-order valence-electron chi connectivity index (χ3n) is 6.69. The molecule has 5 rings (SSSR count). The Kier molecular flexibility index (Phi) is 8.63. The highest BCUT2D eigenvalue weighted by Crippen LogP contribution is 2.35. The summed E-state index contributed by atoms with van der Waals surface area (Å²) in [5.74, 6) is 0.0476. The van der Waals surface area contributed by atoms with Gasteiger partial charge >= 0.3 is 5.97 Å². The fourth-order valence-corrected chi connectivity index (χ4v) is 6.80. The zero-order valence-electron chi connectivity index (χ0n) is 23.0. The van der Waals surface area contributed by atoms with Gasteiger partial charge in [-0.3, -0.25) is 9.36 Å². The number of hydrogen-bond donors (Lipinski definition) is 0. The van der Waals surface area contributed by atoms with Crippen LogP contribution in [0.15, 0.2) is 86.2 Å². The van der Waals surface area contributed by atoms with Gasteiger partial charge in [-0.1, -0.05) is 82.6 Å². The number of carbonyl (C=O) groups is 1. The van der Waals surface area contributed by atoms with Crippen molar-refractivity contribution in [1.82, 2.24) is 4.57 Å². The summed E-state index contributed by atoms with van der Waals surface area (Å²) < 4.78 is 14.1. The van der Waals surface area contributed by atoms with E-state index in [1.165, 1.54) is 11.3 Å². The largest absolute Gasteiger partial charge is 0.486 e. The van der Waals surface area contributed by atoms with Crippen LogP contribution in [0.3, 0.4) is 0 Å². The zero-order chi connectivity index (χ0) is 29.3. The Morgan fingerprint density at radius 1 is 1.10 bits per heavy atom. The van der Waals surface area contributed by atoms with E-state index < -0.39 is 12.0 Å². The molecule has 1 aliphatic rings. The van der Waals surface area contributed by atoms with Gasteiger partial charge in [0.25, 0.3) is 5.56 Å². The lowest BCUT2D eigenvalue weighted by Crippen LogP contribution is -2.39. The quantitative estimate of drug-likeness (QED) is 0.217. The number of benzene rings is 3. The van der Waals surface area contributed by atoms with Gasteiger partial charge in [-0.25, -0.2) is 9.79 Å². The Hall–Kier alpha value is -3.46. The number of esters is 1. The topological polar surface area (TPSA) is 69.9 Å². The predicted molar refractivity (Wildman–Crippen MR) is 166 cm³/mol. The van der Waals surface area contributed by atoms with Crippen LogP contribution in [-0.4, -0.2) is 17.1 Å². The number of carbonyl (C=O) groups excluding carboxylic acids is 1. The molecule has 3 aromatic carbocycles. The number of allylic oxidation sites excluding steroid dienone is 1. The maximum absolute atomic E-state index is 13.9. The number of halogens is 2. The van der Waals surface area contributed by atoms with Crippen LogP contribution >= 0.6 is 38.9 Å². The van der Waals surface area contributed by atoms with Crippen LogP contribution in [0.5, 0.6) is 5.75 Å². The summed E-state index contributed by atoms with van der Waals surface area (Å²) in [6.45, 7) is 8.15. The molecule has 210 valence electrons. The van der Waals surface area contributed by atoms with Gasteiger partial charge in [0.15, 0.2) is 10.6 Å². The van der Waals surface area contributed by atoms with Crippen LogP contribution in [-0.2, 0) is 16.1 Å². The molecule has 0 bridgehead atoms. The second-order valence-electron chi connectivity index (χ2n) is 9.80.